The van der Waals surface area contributed by atoms with Crippen LogP contribution in [-0.4, -0.2) is 34.7 Å². The summed E-state index contributed by atoms with van der Waals surface area (Å²) >= 11 is 0. The van der Waals surface area contributed by atoms with Crippen molar-refractivity contribution in [2.75, 3.05) is 4.90 Å². The van der Waals surface area contributed by atoms with Crippen molar-refractivity contribution in [3.05, 3.63) is 59.8 Å². The largest absolute Gasteiger partial charge is 0.369 e. The van der Waals surface area contributed by atoms with Gasteiger partial charge in [0.15, 0.2) is 5.78 Å². The molecule has 164 valence electrons. The van der Waals surface area contributed by atoms with Crippen molar-refractivity contribution in [2.45, 2.75) is 45.7 Å². The number of fused-ring (bicyclic) bond motifs is 1. The number of anilines is 1. The maximum atomic E-state index is 13.7. The maximum Gasteiger partial charge on any atom is 0.232 e. The van der Waals surface area contributed by atoms with Crippen LogP contribution in [0.5, 0.6) is 0 Å². The van der Waals surface area contributed by atoms with Gasteiger partial charge in [-0.05, 0) is 29.5 Å². The second-order valence-electron chi connectivity index (χ2n) is 8.58. The highest BCUT2D eigenvalue weighted by atomic mass is 16.2. The predicted molar refractivity (Wildman–Crippen MR) is 119 cm³/mol. The molecule has 7 heteroatoms. The third kappa shape index (κ3) is 4.66. The van der Waals surface area contributed by atoms with Gasteiger partial charge in [0.25, 0.3) is 0 Å². The molecule has 2 amide bonds. The molecule has 1 aliphatic rings. The lowest BCUT2D eigenvalue weighted by atomic mass is 9.82. The molecule has 1 aliphatic heterocycles. The van der Waals surface area contributed by atoms with Crippen LogP contribution in [0.25, 0.3) is 0 Å². The van der Waals surface area contributed by atoms with Gasteiger partial charge >= 0.3 is 0 Å². The van der Waals surface area contributed by atoms with Crippen molar-refractivity contribution in [2.24, 2.45) is 29.2 Å². The van der Waals surface area contributed by atoms with Gasteiger partial charge in [-0.3, -0.25) is 19.3 Å². The van der Waals surface area contributed by atoms with Crippen molar-refractivity contribution < 1.29 is 14.4 Å². The first kappa shape index (κ1) is 22.6. The fourth-order valence-electron chi connectivity index (χ4n) is 4.38. The van der Waals surface area contributed by atoms with E-state index in [4.69, 9.17) is 11.5 Å². The number of ketones is 1. The Morgan fingerprint density at radius 2 is 1.77 bits per heavy atom. The summed E-state index contributed by atoms with van der Waals surface area (Å²) < 4.78 is 0. The van der Waals surface area contributed by atoms with E-state index in [-0.39, 0.29) is 24.0 Å². The normalized spacial score (nSPS) is 18.4. The van der Waals surface area contributed by atoms with E-state index in [0.717, 1.165) is 11.1 Å². The molecule has 7 nitrogen and oxygen atoms in total. The number of amides is 2. The Balaban J connectivity index is 1.93. The number of pyridine rings is 1. The molecule has 1 aromatic carbocycles. The number of nitrogens with zero attached hydrogens (tertiary/aromatic N) is 2. The topological polar surface area (TPSA) is 119 Å². The van der Waals surface area contributed by atoms with Crippen molar-refractivity contribution >= 4 is 23.4 Å². The number of rotatable bonds is 8. The zero-order valence-electron chi connectivity index (χ0n) is 18.2. The standard InChI is InChI=1S/C24H30N4O3/c1-14(2)20(15(3)22(26)30)24(31)28-18(13-17-10-7-11-27-23(17)28)21(25)19(29)12-16-8-5-4-6-9-16/h4-11,14-15,18,20-21H,12-13,25H2,1-3H3,(H2,26,30)/t15?,18?,20-,21?/m0/s1. The van der Waals surface area contributed by atoms with Gasteiger partial charge < -0.3 is 11.5 Å². The molecule has 0 bridgehead atoms. The van der Waals surface area contributed by atoms with Crippen LogP contribution < -0.4 is 16.4 Å². The summed E-state index contributed by atoms with van der Waals surface area (Å²) in [6, 6.07) is 11.6. The number of carbonyl (C=O) groups excluding carboxylic acids is 3. The number of carbonyl (C=O) groups is 3. The maximum absolute atomic E-state index is 13.7. The fraction of sp³-hybridized carbons (Fsp3) is 0.417. The number of aromatic nitrogens is 1. The van der Waals surface area contributed by atoms with Crippen molar-refractivity contribution in [1.29, 1.82) is 0 Å². The van der Waals surface area contributed by atoms with Gasteiger partial charge in [-0.1, -0.05) is 57.2 Å². The highest BCUT2D eigenvalue weighted by molar-refractivity contribution is 6.01. The molecule has 0 fully saturated rings. The van der Waals surface area contributed by atoms with Crippen LogP contribution in [0, 0.1) is 17.8 Å². The molecular weight excluding hydrogens is 392 g/mol. The van der Waals surface area contributed by atoms with E-state index >= 15 is 0 Å². The van der Waals surface area contributed by atoms with E-state index in [2.05, 4.69) is 4.98 Å². The van der Waals surface area contributed by atoms with Gasteiger partial charge in [0, 0.05) is 18.5 Å². The molecule has 0 saturated heterocycles. The van der Waals surface area contributed by atoms with Crippen LogP contribution in [0.3, 0.4) is 0 Å². The fourth-order valence-corrected chi connectivity index (χ4v) is 4.38. The quantitative estimate of drug-likeness (QED) is 0.673. The van der Waals surface area contributed by atoms with Crippen molar-refractivity contribution in [3.63, 3.8) is 0 Å². The molecular formula is C24H30N4O3. The number of hydrogen-bond acceptors (Lipinski definition) is 5. The Labute approximate surface area is 182 Å². The van der Waals surface area contributed by atoms with Crippen molar-refractivity contribution in [1.82, 2.24) is 4.98 Å². The molecule has 4 atom stereocenters. The van der Waals surface area contributed by atoms with E-state index in [9.17, 15) is 14.4 Å². The summed E-state index contributed by atoms with van der Waals surface area (Å²) in [5, 5.41) is 0. The molecule has 1 aromatic heterocycles. The van der Waals surface area contributed by atoms with Crippen LogP contribution in [0.15, 0.2) is 48.7 Å². The van der Waals surface area contributed by atoms with Crippen LogP contribution in [0.4, 0.5) is 5.82 Å². The highest BCUT2D eigenvalue weighted by Crippen LogP contribution is 2.35. The van der Waals surface area contributed by atoms with E-state index < -0.39 is 29.8 Å². The first-order valence-electron chi connectivity index (χ1n) is 10.6. The molecule has 0 saturated carbocycles. The molecule has 3 unspecified atom stereocenters. The number of primary amides is 1. The molecule has 2 aromatic rings. The highest BCUT2D eigenvalue weighted by Gasteiger charge is 2.45. The van der Waals surface area contributed by atoms with Gasteiger partial charge in [0.05, 0.1) is 18.0 Å². The summed E-state index contributed by atoms with van der Waals surface area (Å²) in [4.78, 5) is 44.5. The van der Waals surface area contributed by atoms with Crippen molar-refractivity contribution in [3.8, 4) is 0 Å². The Hall–Kier alpha value is -3.06. The lowest BCUT2D eigenvalue weighted by Gasteiger charge is -2.34. The average molecular weight is 423 g/mol. The zero-order chi connectivity index (χ0) is 22.7. The van der Waals surface area contributed by atoms with Gasteiger partial charge in [0.2, 0.25) is 11.8 Å². The third-order valence-electron chi connectivity index (χ3n) is 6.09. The Morgan fingerprint density at radius 3 is 2.39 bits per heavy atom. The zero-order valence-corrected chi connectivity index (χ0v) is 18.2. The summed E-state index contributed by atoms with van der Waals surface area (Å²) in [5.74, 6) is -1.87. The molecule has 2 heterocycles. The number of hydrogen-bond donors (Lipinski definition) is 2. The molecule has 0 radical (unpaired) electrons. The summed E-state index contributed by atoms with van der Waals surface area (Å²) in [6.07, 6.45) is 2.24. The molecule has 3 rings (SSSR count). The summed E-state index contributed by atoms with van der Waals surface area (Å²) in [7, 11) is 0. The minimum absolute atomic E-state index is 0.125. The lowest BCUT2D eigenvalue weighted by Crippen LogP contribution is -2.56. The minimum atomic E-state index is -0.880. The summed E-state index contributed by atoms with van der Waals surface area (Å²) in [6.45, 7) is 5.43. The first-order valence-corrected chi connectivity index (χ1v) is 10.6. The molecule has 0 spiro atoms. The Kier molecular flexibility index (Phi) is 6.85. The second-order valence-corrected chi connectivity index (χ2v) is 8.58. The van der Waals surface area contributed by atoms with Crippen LogP contribution in [0.2, 0.25) is 0 Å². The van der Waals surface area contributed by atoms with Crippen LogP contribution >= 0.6 is 0 Å². The van der Waals surface area contributed by atoms with Gasteiger partial charge in [-0.2, -0.15) is 0 Å². The molecule has 31 heavy (non-hydrogen) atoms. The molecule has 4 N–H and O–H groups in total. The first-order chi connectivity index (χ1) is 14.7. The SMILES string of the molecule is CC(C)[C@H](C(=O)N1c2ncccc2CC1C(N)C(=O)Cc1ccccc1)C(C)C(N)=O. The van der Waals surface area contributed by atoms with Crippen LogP contribution in [-0.2, 0) is 27.2 Å². The van der Waals surface area contributed by atoms with E-state index in [1.807, 2.05) is 50.2 Å². The monoisotopic (exact) mass is 422 g/mol. The Bertz CT molecular complexity index is 960. The van der Waals surface area contributed by atoms with E-state index in [1.54, 1.807) is 19.2 Å². The lowest BCUT2D eigenvalue weighted by molar-refractivity contribution is -0.133. The second kappa shape index (κ2) is 9.39. The van der Waals surface area contributed by atoms with E-state index in [0.29, 0.717) is 12.2 Å². The van der Waals surface area contributed by atoms with Gasteiger partial charge in [0.1, 0.15) is 5.82 Å². The van der Waals surface area contributed by atoms with Gasteiger partial charge in [-0.25, -0.2) is 4.98 Å². The Morgan fingerprint density at radius 1 is 1.10 bits per heavy atom. The minimum Gasteiger partial charge on any atom is -0.369 e. The summed E-state index contributed by atoms with van der Waals surface area (Å²) in [5.41, 5.74) is 13.7. The number of Topliss-reactive ketones (excluding diaryl/α,β-unsaturated/α-hetero) is 1. The predicted octanol–water partition coefficient (Wildman–Crippen LogP) is 1.87. The average Bonchev–Trinajstić information content (AvgIpc) is 3.13. The smallest absolute Gasteiger partial charge is 0.232 e. The number of benzene rings is 1. The van der Waals surface area contributed by atoms with Gasteiger partial charge in [-0.15, -0.1) is 0 Å². The van der Waals surface area contributed by atoms with Crippen LogP contribution in [0.1, 0.15) is 31.9 Å². The third-order valence-corrected chi connectivity index (χ3v) is 6.09. The number of nitrogens with two attached hydrogens (primary N) is 2. The van der Waals surface area contributed by atoms with E-state index in [1.165, 1.54) is 4.90 Å². The molecule has 0 aliphatic carbocycles.